The fraction of sp³-hybridized carbons (Fsp3) is 0.300. The Morgan fingerprint density at radius 2 is 2.33 bits per heavy atom. The second kappa shape index (κ2) is 5.09. The number of hydrogen-bond acceptors (Lipinski definition) is 4. The molecule has 0 fully saturated rings. The average molecular weight is 209 g/mol. The lowest BCUT2D eigenvalue weighted by molar-refractivity contribution is -0.156. The van der Waals surface area contributed by atoms with Gasteiger partial charge in [0, 0.05) is 12.4 Å². The number of carbonyl (C=O) groups is 2. The first-order chi connectivity index (χ1) is 7.15. The van der Waals surface area contributed by atoms with E-state index < -0.39 is 17.9 Å². The van der Waals surface area contributed by atoms with E-state index >= 15 is 0 Å². The smallest absolute Gasteiger partial charge is 0.320 e. The summed E-state index contributed by atoms with van der Waals surface area (Å²) in [4.78, 5) is 25.8. The van der Waals surface area contributed by atoms with Gasteiger partial charge in [-0.2, -0.15) is 0 Å². The zero-order valence-corrected chi connectivity index (χ0v) is 8.21. The van der Waals surface area contributed by atoms with E-state index in [1.807, 2.05) is 0 Å². The Morgan fingerprint density at radius 3 is 2.80 bits per heavy atom. The van der Waals surface area contributed by atoms with Gasteiger partial charge >= 0.3 is 11.9 Å². The van der Waals surface area contributed by atoms with E-state index in [1.165, 1.54) is 13.3 Å². The van der Waals surface area contributed by atoms with Crippen LogP contribution in [0.4, 0.5) is 0 Å². The van der Waals surface area contributed by atoms with Crippen molar-refractivity contribution in [3.8, 4) is 0 Å². The molecule has 15 heavy (non-hydrogen) atoms. The van der Waals surface area contributed by atoms with Crippen LogP contribution in [0, 0.1) is 5.92 Å². The van der Waals surface area contributed by atoms with Crippen molar-refractivity contribution in [3.63, 3.8) is 0 Å². The number of carboxylic acid groups (broad SMARTS) is 1. The maximum Gasteiger partial charge on any atom is 0.320 e. The monoisotopic (exact) mass is 209 g/mol. The summed E-state index contributed by atoms with van der Waals surface area (Å²) in [5.41, 5.74) is 0.690. The molecule has 1 heterocycles. The van der Waals surface area contributed by atoms with Crippen LogP contribution in [0.3, 0.4) is 0 Å². The lowest BCUT2D eigenvalue weighted by Crippen LogP contribution is -2.27. The number of rotatable bonds is 4. The molecule has 1 unspecified atom stereocenters. The lowest BCUT2D eigenvalue weighted by atomic mass is 10.0. The first-order valence-electron chi connectivity index (χ1n) is 4.34. The van der Waals surface area contributed by atoms with Gasteiger partial charge < -0.3 is 9.84 Å². The number of carboxylic acids is 1. The molecule has 5 heteroatoms. The molecule has 1 N–H and O–H groups in total. The maximum atomic E-state index is 11.1. The van der Waals surface area contributed by atoms with Crippen LogP contribution in [0.2, 0.25) is 0 Å². The molecular weight excluding hydrogens is 198 g/mol. The Balaban J connectivity index is 2.76. The Kier molecular flexibility index (Phi) is 3.79. The van der Waals surface area contributed by atoms with E-state index in [4.69, 9.17) is 5.11 Å². The highest BCUT2D eigenvalue weighted by Gasteiger charge is 2.27. The molecule has 1 atom stereocenters. The molecule has 1 aromatic rings. The molecule has 1 aromatic heterocycles. The number of ether oxygens (including phenoxy) is 1. The number of methoxy groups -OCH3 is 1. The van der Waals surface area contributed by atoms with Crippen LogP contribution in [0.1, 0.15) is 5.56 Å². The molecule has 0 saturated carbocycles. The van der Waals surface area contributed by atoms with Gasteiger partial charge in [-0.15, -0.1) is 0 Å². The third-order valence-corrected chi connectivity index (χ3v) is 1.95. The summed E-state index contributed by atoms with van der Waals surface area (Å²) in [5, 5.41) is 8.81. The third-order valence-electron chi connectivity index (χ3n) is 1.95. The zero-order valence-electron chi connectivity index (χ0n) is 8.21. The standard InChI is InChI=1S/C10H11NO4/c1-15-10(14)8(9(12)13)5-7-3-2-4-11-6-7/h2-4,6,8H,5H2,1H3,(H,12,13). The number of hydrogen-bond donors (Lipinski definition) is 1. The number of nitrogens with zero attached hydrogens (tertiary/aromatic N) is 1. The lowest BCUT2D eigenvalue weighted by Gasteiger charge is -2.09. The van der Waals surface area contributed by atoms with E-state index in [0.29, 0.717) is 5.56 Å². The summed E-state index contributed by atoms with van der Waals surface area (Å²) < 4.78 is 4.41. The molecule has 0 aliphatic rings. The minimum atomic E-state index is -1.19. The SMILES string of the molecule is COC(=O)C(Cc1cccnc1)C(=O)O. The van der Waals surface area contributed by atoms with Gasteiger partial charge in [-0.25, -0.2) is 0 Å². The molecule has 0 aliphatic carbocycles. The number of pyridine rings is 1. The average Bonchev–Trinajstić information content (AvgIpc) is 2.26. The summed E-state index contributed by atoms with van der Waals surface area (Å²) in [7, 11) is 1.17. The van der Waals surface area contributed by atoms with Crippen LogP contribution in [-0.4, -0.2) is 29.1 Å². The number of esters is 1. The largest absolute Gasteiger partial charge is 0.481 e. The predicted molar refractivity (Wildman–Crippen MR) is 51.1 cm³/mol. The maximum absolute atomic E-state index is 11.1. The van der Waals surface area contributed by atoms with Crippen LogP contribution in [0.15, 0.2) is 24.5 Å². The Labute approximate surface area is 86.7 Å². The molecular formula is C10H11NO4. The van der Waals surface area contributed by atoms with Crippen molar-refractivity contribution >= 4 is 11.9 Å². The highest BCUT2D eigenvalue weighted by molar-refractivity contribution is 5.94. The van der Waals surface area contributed by atoms with E-state index in [1.54, 1.807) is 18.3 Å². The summed E-state index contributed by atoms with van der Waals surface area (Å²) in [6.45, 7) is 0. The Morgan fingerprint density at radius 1 is 1.60 bits per heavy atom. The van der Waals surface area contributed by atoms with Crippen molar-refractivity contribution < 1.29 is 19.4 Å². The highest BCUT2D eigenvalue weighted by Crippen LogP contribution is 2.09. The normalized spacial score (nSPS) is 11.8. The van der Waals surface area contributed by atoms with E-state index in [9.17, 15) is 9.59 Å². The van der Waals surface area contributed by atoms with Crippen molar-refractivity contribution in [2.45, 2.75) is 6.42 Å². The summed E-state index contributed by atoms with van der Waals surface area (Å²) >= 11 is 0. The van der Waals surface area contributed by atoms with Crippen molar-refractivity contribution in [1.82, 2.24) is 4.98 Å². The third kappa shape index (κ3) is 3.05. The first-order valence-corrected chi connectivity index (χ1v) is 4.34. The molecule has 0 radical (unpaired) electrons. The number of aromatic nitrogens is 1. The fourth-order valence-electron chi connectivity index (χ4n) is 1.17. The van der Waals surface area contributed by atoms with Gasteiger partial charge in [0.05, 0.1) is 7.11 Å². The van der Waals surface area contributed by atoms with Crippen LogP contribution >= 0.6 is 0 Å². The molecule has 0 amide bonds. The Bertz CT molecular complexity index is 350. The minimum Gasteiger partial charge on any atom is -0.481 e. The van der Waals surface area contributed by atoms with Crippen LogP contribution in [0.25, 0.3) is 0 Å². The molecule has 80 valence electrons. The highest BCUT2D eigenvalue weighted by atomic mass is 16.5. The summed E-state index contributed by atoms with van der Waals surface area (Å²) in [5.74, 6) is -3.10. The molecule has 0 spiro atoms. The first kappa shape index (κ1) is 11.2. The summed E-state index contributed by atoms with van der Waals surface area (Å²) in [6.07, 6.45) is 3.20. The number of aliphatic carboxylic acids is 1. The van der Waals surface area contributed by atoms with Crippen molar-refractivity contribution in [1.29, 1.82) is 0 Å². The molecule has 5 nitrogen and oxygen atoms in total. The Hall–Kier alpha value is -1.91. The zero-order chi connectivity index (χ0) is 11.3. The molecule has 0 aromatic carbocycles. The van der Waals surface area contributed by atoms with Crippen molar-refractivity contribution in [3.05, 3.63) is 30.1 Å². The van der Waals surface area contributed by atoms with E-state index in [-0.39, 0.29) is 6.42 Å². The van der Waals surface area contributed by atoms with Gasteiger partial charge in [-0.05, 0) is 18.1 Å². The molecule has 0 saturated heterocycles. The van der Waals surface area contributed by atoms with Gasteiger partial charge in [0.2, 0.25) is 0 Å². The van der Waals surface area contributed by atoms with E-state index in [0.717, 1.165) is 0 Å². The van der Waals surface area contributed by atoms with Crippen LogP contribution in [0.5, 0.6) is 0 Å². The minimum absolute atomic E-state index is 0.0931. The molecule has 0 aliphatic heterocycles. The van der Waals surface area contributed by atoms with Gasteiger partial charge in [0.25, 0.3) is 0 Å². The van der Waals surface area contributed by atoms with Crippen molar-refractivity contribution in [2.24, 2.45) is 5.92 Å². The fourth-order valence-corrected chi connectivity index (χ4v) is 1.17. The molecule has 1 rings (SSSR count). The second-order valence-corrected chi connectivity index (χ2v) is 2.98. The predicted octanol–water partition coefficient (Wildman–Crippen LogP) is 0.498. The van der Waals surface area contributed by atoms with E-state index in [2.05, 4.69) is 9.72 Å². The second-order valence-electron chi connectivity index (χ2n) is 2.98. The van der Waals surface area contributed by atoms with Gasteiger partial charge in [0.1, 0.15) is 0 Å². The van der Waals surface area contributed by atoms with Crippen LogP contribution in [-0.2, 0) is 20.7 Å². The van der Waals surface area contributed by atoms with Gasteiger partial charge in [-0.3, -0.25) is 14.6 Å². The number of carbonyl (C=O) groups excluding carboxylic acids is 1. The van der Waals surface area contributed by atoms with Crippen molar-refractivity contribution in [2.75, 3.05) is 7.11 Å². The van der Waals surface area contributed by atoms with Crippen LogP contribution < -0.4 is 0 Å². The van der Waals surface area contributed by atoms with Gasteiger partial charge in [0.15, 0.2) is 5.92 Å². The van der Waals surface area contributed by atoms with Gasteiger partial charge in [-0.1, -0.05) is 6.07 Å². The summed E-state index contributed by atoms with van der Waals surface area (Å²) in [6, 6.07) is 3.40. The quantitative estimate of drug-likeness (QED) is 0.577. The topological polar surface area (TPSA) is 76.5 Å². The molecule has 0 bridgehead atoms.